The fourth-order valence-electron chi connectivity index (χ4n) is 3.18. The molecule has 0 aliphatic heterocycles. The smallest absolute Gasteiger partial charge is 0.237 e. The Labute approximate surface area is 162 Å². The summed E-state index contributed by atoms with van der Waals surface area (Å²) in [7, 11) is 0. The summed E-state index contributed by atoms with van der Waals surface area (Å²) in [4.78, 5) is 15.0. The number of thioether (sulfide) groups is 1. The highest BCUT2D eigenvalue weighted by Gasteiger charge is 2.27. The van der Waals surface area contributed by atoms with Crippen molar-refractivity contribution in [2.45, 2.75) is 42.5 Å². The molecule has 26 heavy (non-hydrogen) atoms. The fraction of sp³-hybridized carbons (Fsp3) is 0.421. The molecule has 0 bridgehead atoms. The molecule has 7 heteroatoms. The third-order valence-electron chi connectivity index (χ3n) is 4.37. The van der Waals surface area contributed by atoms with Gasteiger partial charge in [0, 0.05) is 18.3 Å². The third-order valence-corrected chi connectivity index (χ3v) is 6.37. The van der Waals surface area contributed by atoms with Gasteiger partial charge in [-0.1, -0.05) is 66.6 Å². The van der Waals surface area contributed by atoms with E-state index in [2.05, 4.69) is 22.1 Å². The first-order valence-electron chi connectivity index (χ1n) is 8.96. The number of carbonyl (C=O) groups is 1. The monoisotopic (exact) mass is 388 g/mol. The second kappa shape index (κ2) is 9.73. The first kappa shape index (κ1) is 18.9. The SMILES string of the molecule is C=CCNc1nnc(SCC(=O)N(c2ccccc2)C2CCCCC2)s1. The number of amides is 1. The number of hydrogen-bond donors (Lipinski definition) is 1. The number of hydrogen-bond acceptors (Lipinski definition) is 6. The van der Waals surface area contributed by atoms with E-state index in [9.17, 15) is 4.79 Å². The van der Waals surface area contributed by atoms with Crippen LogP contribution in [0.5, 0.6) is 0 Å². The Morgan fingerprint density at radius 1 is 1.27 bits per heavy atom. The molecule has 138 valence electrons. The molecule has 1 heterocycles. The van der Waals surface area contributed by atoms with E-state index in [-0.39, 0.29) is 5.91 Å². The number of anilines is 2. The van der Waals surface area contributed by atoms with Crippen molar-refractivity contribution < 1.29 is 4.79 Å². The van der Waals surface area contributed by atoms with Gasteiger partial charge in [0.15, 0.2) is 4.34 Å². The van der Waals surface area contributed by atoms with Crippen LogP contribution in [0.4, 0.5) is 10.8 Å². The molecule has 3 rings (SSSR count). The molecule has 0 saturated heterocycles. The van der Waals surface area contributed by atoms with Crippen LogP contribution in [0.25, 0.3) is 0 Å². The molecule has 1 aromatic heterocycles. The van der Waals surface area contributed by atoms with E-state index in [1.54, 1.807) is 6.08 Å². The van der Waals surface area contributed by atoms with Gasteiger partial charge in [-0.2, -0.15) is 0 Å². The van der Waals surface area contributed by atoms with E-state index < -0.39 is 0 Å². The average molecular weight is 389 g/mol. The van der Waals surface area contributed by atoms with Crippen molar-refractivity contribution in [1.29, 1.82) is 0 Å². The van der Waals surface area contributed by atoms with Crippen LogP contribution >= 0.6 is 23.1 Å². The summed E-state index contributed by atoms with van der Waals surface area (Å²) in [6.45, 7) is 4.33. The fourth-order valence-corrected chi connectivity index (χ4v) is 4.80. The average Bonchev–Trinajstić information content (AvgIpc) is 3.14. The lowest BCUT2D eigenvalue weighted by Crippen LogP contribution is -2.42. The Balaban J connectivity index is 1.65. The minimum absolute atomic E-state index is 0.143. The Hall–Kier alpha value is -1.86. The molecular formula is C19H24N4OS2. The van der Waals surface area contributed by atoms with Gasteiger partial charge in [-0.15, -0.1) is 16.8 Å². The number of aromatic nitrogens is 2. The maximum atomic E-state index is 13.0. The van der Waals surface area contributed by atoms with Crippen molar-refractivity contribution in [3.8, 4) is 0 Å². The summed E-state index contributed by atoms with van der Waals surface area (Å²) < 4.78 is 0.807. The third kappa shape index (κ3) is 5.08. The number of nitrogens with zero attached hydrogens (tertiary/aromatic N) is 3. The topological polar surface area (TPSA) is 58.1 Å². The van der Waals surface area contributed by atoms with Crippen molar-refractivity contribution in [2.75, 3.05) is 22.5 Å². The van der Waals surface area contributed by atoms with Gasteiger partial charge < -0.3 is 10.2 Å². The van der Waals surface area contributed by atoms with Crippen molar-refractivity contribution in [2.24, 2.45) is 0 Å². The minimum atomic E-state index is 0.143. The summed E-state index contributed by atoms with van der Waals surface area (Å²) in [5.41, 5.74) is 0.996. The number of carbonyl (C=O) groups excluding carboxylic acids is 1. The van der Waals surface area contributed by atoms with Gasteiger partial charge in [0.1, 0.15) is 0 Å². The molecule has 1 aromatic carbocycles. The molecule has 1 saturated carbocycles. The zero-order valence-electron chi connectivity index (χ0n) is 14.8. The van der Waals surface area contributed by atoms with Gasteiger partial charge in [0.2, 0.25) is 11.0 Å². The maximum absolute atomic E-state index is 13.0. The molecule has 0 spiro atoms. The number of para-hydroxylation sites is 1. The quantitative estimate of drug-likeness (QED) is 0.529. The van der Waals surface area contributed by atoms with Crippen LogP contribution in [0.15, 0.2) is 47.3 Å². The standard InChI is InChI=1S/C19H24N4OS2/c1-2-13-20-18-21-22-19(26-18)25-14-17(24)23(15-9-5-3-6-10-15)16-11-7-4-8-12-16/h2-3,5-6,9-10,16H,1,4,7-8,11-14H2,(H,20,21). The maximum Gasteiger partial charge on any atom is 0.237 e. The molecule has 1 amide bonds. The molecule has 0 atom stereocenters. The van der Waals surface area contributed by atoms with Gasteiger partial charge in [0.25, 0.3) is 0 Å². The number of nitrogens with one attached hydrogen (secondary N) is 1. The minimum Gasteiger partial charge on any atom is -0.357 e. The van der Waals surface area contributed by atoms with E-state index >= 15 is 0 Å². The summed E-state index contributed by atoms with van der Waals surface area (Å²) in [6.07, 6.45) is 7.61. The van der Waals surface area contributed by atoms with Crippen LogP contribution in [-0.2, 0) is 4.79 Å². The van der Waals surface area contributed by atoms with Crippen molar-refractivity contribution in [1.82, 2.24) is 10.2 Å². The lowest BCUT2D eigenvalue weighted by Gasteiger charge is -2.34. The molecule has 0 radical (unpaired) electrons. The Morgan fingerprint density at radius 3 is 2.77 bits per heavy atom. The van der Waals surface area contributed by atoms with Gasteiger partial charge in [-0.05, 0) is 25.0 Å². The Kier molecular flexibility index (Phi) is 7.08. The summed E-state index contributed by atoms with van der Waals surface area (Å²) in [5.74, 6) is 0.519. The predicted molar refractivity (Wildman–Crippen MR) is 110 cm³/mol. The highest BCUT2D eigenvalue weighted by atomic mass is 32.2. The second-order valence-corrected chi connectivity index (χ2v) is 8.42. The van der Waals surface area contributed by atoms with Crippen LogP contribution in [0.2, 0.25) is 0 Å². The number of benzene rings is 1. The van der Waals surface area contributed by atoms with Gasteiger partial charge in [-0.25, -0.2) is 0 Å². The molecular weight excluding hydrogens is 364 g/mol. The van der Waals surface area contributed by atoms with Crippen LogP contribution in [0, 0.1) is 0 Å². The highest BCUT2D eigenvalue weighted by molar-refractivity contribution is 8.01. The van der Waals surface area contributed by atoms with E-state index in [0.29, 0.717) is 18.3 Å². The van der Waals surface area contributed by atoms with E-state index in [1.807, 2.05) is 35.2 Å². The lowest BCUT2D eigenvalue weighted by atomic mass is 9.93. The first-order valence-corrected chi connectivity index (χ1v) is 10.8. The van der Waals surface area contributed by atoms with Crippen LogP contribution in [0.3, 0.4) is 0 Å². The molecule has 1 N–H and O–H groups in total. The number of rotatable bonds is 8. The van der Waals surface area contributed by atoms with Crippen molar-refractivity contribution >= 4 is 39.8 Å². The Bertz CT molecular complexity index is 713. The van der Waals surface area contributed by atoms with Gasteiger partial charge in [0.05, 0.1) is 5.75 Å². The van der Waals surface area contributed by atoms with E-state index in [4.69, 9.17) is 0 Å². The van der Waals surface area contributed by atoms with E-state index in [1.165, 1.54) is 42.4 Å². The molecule has 1 aliphatic carbocycles. The summed E-state index contributed by atoms with van der Waals surface area (Å²) in [5, 5.41) is 12.1. The van der Waals surface area contributed by atoms with E-state index in [0.717, 1.165) is 28.0 Å². The summed E-state index contributed by atoms with van der Waals surface area (Å²) >= 11 is 2.93. The van der Waals surface area contributed by atoms with Crippen LogP contribution in [-0.4, -0.2) is 34.4 Å². The Morgan fingerprint density at radius 2 is 2.04 bits per heavy atom. The summed E-state index contributed by atoms with van der Waals surface area (Å²) in [6, 6.07) is 10.3. The molecule has 5 nitrogen and oxygen atoms in total. The highest BCUT2D eigenvalue weighted by Crippen LogP contribution is 2.30. The molecule has 0 unspecified atom stereocenters. The molecule has 2 aromatic rings. The first-order chi connectivity index (χ1) is 12.8. The van der Waals surface area contributed by atoms with Crippen LogP contribution < -0.4 is 10.2 Å². The second-order valence-electron chi connectivity index (χ2n) is 6.22. The lowest BCUT2D eigenvalue weighted by molar-refractivity contribution is -0.116. The van der Waals surface area contributed by atoms with Gasteiger partial charge >= 0.3 is 0 Å². The predicted octanol–water partition coefficient (Wildman–Crippen LogP) is 4.59. The van der Waals surface area contributed by atoms with Crippen LogP contribution in [0.1, 0.15) is 32.1 Å². The molecule has 1 fully saturated rings. The largest absolute Gasteiger partial charge is 0.357 e. The van der Waals surface area contributed by atoms with Crippen molar-refractivity contribution in [3.63, 3.8) is 0 Å². The zero-order chi connectivity index (χ0) is 18.2. The van der Waals surface area contributed by atoms with Gasteiger partial charge in [-0.3, -0.25) is 4.79 Å². The zero-order valence-corrected chi connectivity index (χ0v) is 16.4. The normalized spacial score (nSPS) is 14.8. The van der Waals surface area contributed by atoms with Crippen molar-refractivity contribution in [3.05, 3.63) is 43.0 Å². The molecule has 1 aliphatic rings.